The van der Waals surface area contributed by atoms with E-state index in [1.165, 1.54) is 29.5 Å². The van der Waals surface area contributed by atoms with E-state index in [0.29, 0.717) is 17.5 Å². The van der Waals surface area contributed by atoms with Gasteiger partial charge in [0, 0.05) is 37.4 Å². The van der Waals surface area contributed by atoms with E-state index in [4.69, 9.17) is 4.74 Å². The zero-order valence-electron chi connectivity index (χ0n) is 19.8. The first-order valence-corrected chi connectivity index (χ1v) is 12.4. The van der Waals surface area contributed by atoms with E-state index in [9.17, 15) is 9.18 Å². The number of hydrogen-bond donors (Lipinski definition) is 1. The molecule has 9 heteroatoms. The molecule has 0 atom stereocenters. The van der Waals surface area contributed by atoms with Crippen LogP contribution in [0.25, 0.3) is 11.4 Å². The van der Waals surface area contributed by atoms with Gasteiger partial charge in [0.25, 0.3) is 0 Å². The number of thioether (sulfide) groups is 1. The van der Waals surface area contributed by atoms with Gasteiger partial charge in [0.15, 0.2) is 11.0 Å². The Balaban J connectivity index is 1.48. The molecule has 0 radical (unpaired) electrons. The van der Waals surface area contributed by atoms with E-state index in [2.05, 4.69) is 32.5 Å². The van der Waals surface area contributed by atoms with E-state index in [1.54, 1.807) is 12.1 Å². The second kappa shape index (κ2) is 11.1. The van der Waals surface area contributed by atoms with E-state index in [-0.39, 0.29) is 17.5 Å². The maximum absolute atomic E-state index is 13.5. The number of ether oxygens (including phenoxy) is 1. The number of aryl methyl sites for hydroxylation is 3. The fourth-order valence-corrected chi connectivity index (χ4v) is 4.92. The Bertz CT molecular complexity index is 1120. The summed E-state index contributed by atoms with van der Waals surface area (Å²) in [7, 11) is 0. The van der Waals surface area contributed by atoms with Crippen LogP contribution in [0.5, 0.6) is 0 Å². The lowest BCUT2D eigenvalue weighted by atomic mass is 10.1. The highest BCUT2D eigenvalue weighted by Crippen LogP contribution is 2.26. The van der Waals surface area contributed by atoms with E-state index < -0.39 is 0 Å². The van der Waals surface area contributed by atoms with Crippen LogP contribution in [0.1, 0.15) is 16.7 Å². The monoisotopic (exact) mass is 483 g/mol. The number of nitrogens with zero attached hydrogens (tertiary/aromatic N) is 4. The number of nitrogens with one attached hydrogen (secondary N) is 1. The van der Waals surface area contributed by atoms with Crippen molar-refractivity contribution in [1.29, 1.82) is 0 Å². The number of morpholine rings is 1. The average Bonchev–Trinajstić information content (AvgIpc) is 3.22. The molecule has 0 bridgehead atoms. The zero-order chi connectivity index (χ0) is 24.1. The van der Waals surface area contributed by atoms with Crippen molar-refractivity contribution >= 4 is 23.4 Å². The molecule has 1 aliphatic rings. The molecule has 0 saturated carbocycles. The van der Waals surface area contributed by atoms with Crippen molar-refractivity contribution in [2.75, 3.05) is 43.9 Å². The highest BCUT2D eigenvalue weighted by molar-refractivity contribution is 7.99. The van der Waals surface area contributed by atoms with Crippen LogP contribution < -0.4 is 5.32 Å². The van der Waals surface area contributed by atoms with Gasteiger partial charge in [-0.25, -0.2) is 4.39 Å². The second-order valence-electron chi connectivity index (χ2n) is 8.53. The van der Waals surface area contributed by atoms with Gasteiger partial charge in [-0.2, -0.15) is 0 Å². The number of carbonyl (C=O) groups excluding carboxylic acids is 1. The minimum atomic E-state index is -0.295. The van der Waals surface area contributed by atoms with Crippen LogP contribution in [0.15, 0.2) is 41.6 Å². The van der Waals surface area contributed by atoms with Crippen LogP contribution in [0.2, 0.25) is 0 Å². The molecule has 2 heterocycles. The van der Waals surface area contributed by atoms with Crippen LogP contribution in [-0.2, 0) is 16.1 Å². The largest absolute Gasteiger partial charge is 0.379 e. The van der Waals surface area contributed by atoms with Gasteiger partial charge in [-0.3, -0.25) is 9.69 Å². The molecule has 1 N–H and O–H groups in total. The highest BCUT2D eigenvalue weighted by Gasteiger charge is 2.18. The summed E-state index contributed by atoms with van der Waals surface area (Å²) in [6.07, 6.45) is 0. The maximum atomic E-state index is 13.5. The Labute approximate surface area is 203 Å². The van der Waals surface area contributed by atoms with E-state index in [0.717, 1.165) is 55.2 Å². The molecule has 34 heavy (non-hydrogen) atoms. The number of aromatic nitrogens is 3. The zero-order valence-corrected chi connectivity index (χ0v) is 20.6. The van der Waals surface area contributed by atoms with Crippen molar-refractivity contribution in [3.05, 3.63) is 58.9 Å². The predicted molar refractivity (Wildman–Crippen MR) is 133 cm³/mol. The Morgan fingerprint density at radius 2 is 1.74 bits per heavy atom. The fraction of sp³-hybridized carbons (Fsp3) is 0.400. The number of benzene rings is 2. The van der Waals surface area contributed by atoms with E-state index >= 15 is 0 Å². The molecular formula is C25H30FN5O2S. The molecule has 4 rings (SSSR count). The lowest BCUT2D eigenvalue weighted by Gasteiger charge is -2.27. The minimum Gasteiger partial charge on any atom is -0.379 e. The minimum absolute atomic E-state index is 0.0916. The number of amides is 1. The Hall–Kier alpha value is -2.75. The molecule has 1 fully saturated rings. The third kappa shape index (κ3) is 6.02. The normalized spacial score (nSPS) is 14.4. The van der Waals surface area contributed by atoms with Crippen LogP contribution in [0, 0.1) is 26.6 Å². The second-order valence-corrected chi connectivity index (χ2v) is 9.47. The first kappa shape index (κ1) is 24.4. The van der Waals surface area contributed by atoms with Gasteiger partial charge in [0.1, 0.15) is 5.82 Å². The predicted octanol–water partition coefficient (Wildman–Crippen LogP) is 4.07. The molecule has 0 unspecified atom stereocenters. The molecule has 2 aromatic carbocycles. The lowest BCUT2D eigenvalue weighted by molar-refractivity contribution is -0.113. The third-order valence-corrected chi connectivity index (χ3v) is 6.80. The van der Waals surface area contributed by atoms with Gasteiger partial charge in [-0.1, -0.05) is 29.5 Å². The summed E-state index contributed by atoms with van der Waals surface area (Å²) in [6.45, 7) is 10.8. The molecule has 1 aromatic heterocycles. The summed E-state index contributed by atoms with van der Waals surface area (Å²) in [5.41, 5.74) is 4.91. The molecule has 3 aromatic rings. The molecule has 0 aliphatic carbocycles. The maximum Gasteiger partial charge on any atom is 0.234 e. The SMILES string of the molecule is Cc1cc(C)c(NC(=O)CSc2nnc(-c3ccc(F)cc3)n2CCN2CCOCC2)c(C)c1. The summed E-state index contributed by atoms with van der Waals surface area (Å²) in [5, 5.41) is 12.4. The van der Waals surface area contributed by atoms with Crippen LogP contribution >= 0.6 is 11.8 Å². The Kier molecular flexibility index (Phi) is 7.97. The van der Waals surface area contributed by atoms with Gasteiger partial charge in [0.05, 0.1) is 19.0 Å². The van der Waals surface area contributed by atoms with Crippen LogP contribution in [-0.4, -0.2) is 64.2 Å². The molecule has 1 aliphatic heterocycles. The number of anilines is 1. The fourth-order valence-electron chi connectivity index (χ4n) is 4.16. The molecule has 1 saturated heterocycles. The molecule has 7 nitrogen and oxygen atoms in total. The smallest absolute Gasteiger partial charge is 0.234 e. The van der Waals surface area contributed by atoms with Gasteiger partial charge in [0.2, 0.25) is 5.91 Å². The van der Waals surface area contributed by atoms with Crippen molar-refractivity contribution in [3.63, 3.8) is 0 Å². The van der Waals surface area contributed by atoms with Crippen molar-refractivity contribution in [3.8, 4) is 11.4 Å². The van der Waals surface area contributed by atoms with Gasteiger partial charge in [-0.15, -0.1) is 10.2 Å². The van der Waals surface area contributed by atoms with Crippen molar-refractivity contribution in [2.24, 2.45) is 0 Å². The van der Waals surface area contributed by atoms with Crippen molar-refractivity contribution in [1.82, 2.24) is 19.7 Å². The Morgan fingerprint density at radius 1 is 1.06 bits per heavy atom. The van der Waals surface area contributed by atoms with Crippen LogP contribution in [0.4, 0.5) is 10.1 Å². The number of carbonyl (C=O) groups is 1. The first-order chi connectivity index (χ1) is 16.4. The summed E-state index contributed by atoms with van der Waals surface area (Å²) < 4.78 is 20.9. The van der Waals surface area contributed by atoms with Gasteiger partial charge in [-0.05, 0) is 56.2 Å². The number of halogens is 1. The van der Waals surface area contributed by atoms with Crippen molar-refractivity contribution in [2.45, 2.75) is 32.5 Å². The van der Waals surface area contributed by atoms with Gasteiger partial charge < -0.3 is 14.6 Å². The average molecular weight is 484 g/mol. The van der Waals surface area contributed by atoms with Crippen LogP contribution in [0.3, 0.4) is 0 Å². The lowest BCUT2D eigenvalue weighted by Crippen LogP contribution is -2.38. The topological polar surface area (TPSA) is 72.3 Å². The summed E-state index contributed by atoms with van der Waals surface area (Å²) in [6, 6.07) is 10.4. The standard InChI is InChI=1S/C25H30FN5O2S/c1-17-14-18(2)23(19(3)15-17)27-22(32)16-34-25-29-28-24(20-4-6-21(26)7-5-20)31(25)9-8-30-10-12-33-13-11-30/h4-7,14-15H,8-13,16H2,1-3H3,(H,27,32). The number of hydrogen-bond acceptors (Lipinski definition) is 6. The van der Waals surface area contributed by atoms with E-state index in [1.807, 2.05) is 25.3 Å². The first-order valence-electron chi connectivity index (χ1n) is 11.4. The summed E-state index contributed by atoms with van der Waals surface area (Å²) in [4.78, 5) is 15.1. The highest BCUT2D eigenvalue weighted by atomic mass is 32.2. The van der Waals surface area contributed by atoms with Gasteiger partial charge >= 0.3 is 0 Å². The third-order valence-electron chi connectivity index (χ3n) is 5.84. The Morgan fingerprint density at radius 3 is 2.41 bits per heavy atom. The quantitative estimate of drug-likeness (QED) is 0.487. The molecule has 0 spiro atoms. The molecular weight excluding hydrogens is 453 g/mol. The summed E-state index contributed by atoms with van der Waals surface area (Å²) >= 11 is 1.35. The summed E-state index contributed by atoms with van der Waals surface area (Å²) in [5.74, 6) is 0.495. The number of rotatable bonds is 8. The molecule has 180 valence electrons. The van der Waals surface area contributed by atoms with Crippen molar-refractivity contribution < 1.29 is 13.9 Å². The molecule has 1 amide bonds.